The summed E-state index contributed by atoms with van der Waals surface area (Å²) in [4.78, 5) is 23.7. The molecule has 4 rings (SSSR count). The molecule has 4 atom stereocenters. The van der Waals surface area contributed by atoms with Gasteiger partial charge in [-0.3, -0.25) is 13.7 Å². The number of fused-ring (bicyclic) bond motifs is 1. The van der Waals surface area contributed by atoms with Crippen LogP contribution in [0.3, 0.4) is 0 Å². The number of aryl methyl sites for hydroxylation is 1. The predicted molar refractivity (Wildman–Crippen MR) is 163 cm³/mol. The number of ether oxygens (including phenoxy) is 2. The molecular formula is C29H44N4O8SSi. The Labute approximate surface area is 255 Å². The van der Waals surface area contributed by atoms with E-state index in [4.69, 9.17) is 18.1 Å². The number of hydrogen-bond donors (Lipinski definition) is 1. The van der Waals surface area contributed by atoms with Crippen molar-refractivity contribution in [2.75, 3.05) is 13.2 Å². The molecule has 1 unspecified atom stereocenters. The number of rotatable bonds is 7. The number of amides is 1. The van der Waals surface area contributed by atoms with Gasteiger partial charge in [0.2, 0.25) is 0 Å². The van der Waals surface area contributed by atoms with E-state index in [2.05, 4.69) is 43.8 Å². The monoisotopic (exact) mass is 636 g/mol. The fraction of sp³-hybridized carbons (Fsp3) is 0.621. The second kappa shape index (κ2) is 12.0. The summed E-state index contributed by atoms with van der Waals surface area (Å²) in [5, 5.41) is 10.7. The highest BCUT2D eigenvalue weighted by molar-refractivity contribution is 7.86. The van der Waals surface area contributed by atoms with Crippen LogP contribution < -0.4 is 0 Å². The van der Waals surface area contributed by atoms with E-state index in [1.807, 2.05) is 6.92 Å². The molecule has 1 aromatic heterocycles. The van der Waals surface area contributed by atoms with Gasteiger partial charge in [0.25, 0.3) is 10.1 Å². The van der Waals surface area contributed by atoms with Crippen LogP contribution in [0.4, 0.5) is 10.6 Å². The molecule has 0 bridgehead atoms. The highest BCUT2D eigenvalue weighted by Crippen LogP contribution is 2.43. The summed E-state index contributed by atoms with van der Waals surface area (Å²) in [5.41, 5.74) is 0.752. The third-order valence-corrected chi connectivity index (χ3v) is 13.6. The fourth-order valence-electron chi connectivity index (χ4n) is 4.41. The normalized spacial score (nSPS) is 23.3. The summed E-state index contributed by atoms with van der Waals surface area (Å²) in [5.74, 6) is 0.417. The minimum Gasteiger partial charge on any atom is -0.443 e. The molecule has 12 nitrogen and oxygen atoms in total. The van der Waals surface area contributed by atoms with Gasteiger partial charge in [-0.05, 0) is 58.0 Å². The molecule has 43 heavy (non-hydrogen) atoms. The van der Waals surface area contributed by atoms with Crippen LogP contribution in [0.1, 0.15) is 71.6 Å². The second-order valence-electron chi connectivity index (χ2n) is 13.6. The first-order chi connectivity index (χ1) is 19.8. The Bertz CT molecular complexity index is 1440. The van der Waals surface area contributed by atoms with Crippen molar-refractivity contribution in [2.45, 2.75) is 108 Å². The van der Waals surface area contributed by atoms with Gasteiger partial charge in [-0.1, -0.05) is 38.5 Å². The molecule has 0 radical (unpaired) electrons. The molecule has 1 fully saturated rings. The Morgan fingerprint density at radius 1 is 1.14 bits per heavy atom. The summed E-state index contributed by atoms with van der Waals surface area (Å²) in [7, 11) is -6.37. The zero-order valence-electron chi connectivity index (χ0n) is 26.4. The third-order valence-electron chi connectivity index (χ3n) is 7.86. The average Bonchev–Trinajstić information content (AvgIpc) is 3.41. The molecule has 1 N–H and O–H groups in total. The Balaban J connectivity index is 1.57. The maximum Gasteiger partial charge on any atom is 0.415 e. The van der Waals surface area contributed by atoms with Crippen LogP contribution in [-0.4, -0.2) is 79.7 Å². The molecule has 14 heteroatoms. The standard InChI is InChI=1S/C29H44N4O8SSi/c1-19-10-12-20(13-11-19)42(36,37)38-16-23-21(34)14-24(39-23)33-18-30-25-22(41-43(8,9)29(5,6)7)15-32(17-31-26(25)33)27(35)40-28(2,3)4/h10-13,17-18,21-24,34H,14-16H2,1-9H3/t21-,22?,23-,24-/m1/s1. The van der Waals surface area contributed by atoms with Gasteiger partial charge in [0.1, 0.15) is 36.1 Å². The van der Waals surface area contributed by atoms with Crippen LogP contribution >= 0.6 is 0 Å². The number of aromatic nitrogens is 2. The van der Waals surface area contributed by atoms with Gasteiger partial charge >= 0.3 is 6.09 Å². The fourth-order valence-corrected chi connectivity index (χ4v) is 6.58. The third kappa shape index (κ3) is 7.73. The zero-order valence-corrected chi connectivity index (χ0v) is 28.2. The van der Waals surface area contributed by atoms with E-state index < -0.39 is 54.7 Å². The van der Waals surface area contributed by atoms with Crippen LogP contribution in [0.5, 0.6) is 0 Å². The summed E-state index contributed by atoms with van der Waals surface area (Å²) in [6.45, 7) is 17.7. The van der Waals surface area contributed by atoms with Crippen molar-refractivity contribution in [3.8, 4) is 0 Å². The number of benzene rings is 1. The molecule has 0 saturated carbocycles. The Kier molecular flexibility index (Phi) is 9.32. The van der Waals surface area contributed by atoms with Gasteiger partial charge in [-0.2, -0.15) is 8.42 Å². The van der Waals surface area contributed by atoms with Crippen LogP contribution in [0.2, 0.25) is 18.1 Å². The highest BCUT2D eigenvalue weighted by atomic mass is 32.2. The number of nitrogens with zero attached hydrogens (tertiary/aromatic N) is 4. The van der Waals surface area contributed by atoms with Crippen molar-refractivity contribution >= 4 is 36.7 Å². The molecule has 238 valence electrons. The number of aliphatic hydroxyl groups is 1. The first-order valence-electron chi connectivity index (χ1n) is 14.4. The Morgan fingerprint density at radius 3 is 2.40 bits per heavy atom. The summed E-state index contributed by atoms with van der Waals surface area (Å²) >= 11 is 0. The minimum absolute atomic E-state index is 0.0266. The first kappa shape index (κ1) is 33.3. The molecule has 1 aromatic carbocycles. The van der Waals surface area contributed by atoms with Crippen LogP contribution in [-0.2, 0) is 28.2 Å². The van der Waals surface area contributed by atoms with E-state index in [1.54, 1.807) is 43.8 Å². The number of carbonyl (C=O) groups is 1. The number of hydrogen-bond acceptors (Lipinski definition) is 10. The van der Waals surface area contributed by atoms with E-state index in [0.29, 0.717) is 11.5 Å². The second-order valence-corrected chi connectivity index (χ2v) is 20.0. The molecule has 1 saturated heterocycles. The van der Waals surface area contributed by atoms with Gasteiger partial charge in [-0.25, -0.2) is 14.8 Å². The molecular weight excluding hydrogens is 592 g/mol. The highest BCUT2D eigenvalue weighted by Gasteiger charge is 2.43. The number of aliphatic hydroxyl groups excluding tert-OH is 1. The van der Waals surface area contributed by atoms with Crippen LogP contribution in [0.25, 0.3) is 0 Å². The van der Waals surface area contributed by atoms with E-state index in [-0.39, 0.29) is 29.5 Å². The van der Waals surface area contributed by atoms with Gasteiger partial charge < -0.3 is 19.0 Å². The first-order valence-corrected chi connectivity index (χ1v) is 18.7. The van der Waals surface area contributed by atoms with Crippen molar-refractivity contribution in [3.05, 3.63) is 41.9 Å². The largest absolute Gasteiger partial charge is 0.443 e. The summed E-state index contributed by atoms with van der Waals surface area (Å²) in [6.07, 6.45) is -0.647. The van der Waals surface area contributed by atoms with Crippen molar-refractivity contribution in [1.82, 2.24) is 14.5 Å². The minimum atomic E-state index is -4.04. The molecule has 1 amide bonds. The maximum absolute atomic E-state index is 13.1. The molecule has 0 aliphatic carbocycles. The van der Waals surface area contributed by atoms with E-state index in [9.17, 15) is 18.3 Å². The molecule has 0 spiro atoms. The lowest BCUT2D eigenvalue weighted by atomic mass is 10.2. The smallest absolute Gasteiger partial charge is 0.415 e. The zero-order chi connectivity index (χ0) is 32.0. The Hall–Kier alpha value is -2.62. The van der Waals surface area contributed by atoms with E-state index >= 15 is 0 Å². The predicted octanol–water partition coefficient (Wildman–Crippen LogP) is 5.22. The number of aliphatic imine (C=N–C) groups is 1. The van der Waals surface area contributed by atoms with Gasteiger partial charge in [0.15, 0.2) is 14.1 Å². The summed E-state index contributed by atoms with van der Waals surface area (Å²) < 4.78 is 50.8. The van der Waals surface area contributed by atoms with Crippen LogP contribution in [0, 0.1) is 6.92 Å². The molecule has 2 aromatic rings. The van der Waals surface area contributed by atoms with Gasteiger partial charge in [0, 0.05) is 6.42 Å². The van der Waals surface area contributed by atoms with Crippen molar-refractivity contribution in [3.63, 3.8) is 0 Å². The lowest BCUT2D eigenvalue weighted by molar-refractivity contribution is -0.0377. The lowest BCUT2D eigenvalue weighted by Crippen LogP contribution is -2.45. The molecule has 2 aliphatic heterocycles. The van der Waals surface area contributed by atoms with E-state index in [1.165, 1.54) is 23.4 Å². The van der Waals surface area contributed by atoms with Crippen molar-refractivity contribution in [1.29, 1.82) is 0 Å². The number of carbonyl (C=O) groups excluding carboxylic acids is 1. The lowest BCUT2D eigenvalue weighted by Gasteiger charge is -2.39. The molecule has 2 aliphatic rings. The van der Waals surface area contributed by atoms with Crippen molar-refractivity contribution in [2.24, 2.45) is 4.99 Å². The average molecular weight is 637 g/mol. The van der Waals surface area contributed by atoms with Crippen molar-refractivity contribution < 1.29 is 36.4 Å². The van der Waals surface area contributed by atoms with Gasteiger partial charge in [-0.15, -0.1) is 0 Å². The maximum atomic E-state index is 13.1. The summed E-state index contributed by atoms with van der Waals surface area (Å²) in [6, 6.07) is 6.32. The SMILES string of the molecule is Cc1ccc(S(=O)(=O)OC[C@H]2O[C@@H](n3cnc4c3N=CN(C(=O)OC(C)(C)C)CC4O[Si](C)(C)C(C)(C)C)C[C@H]2O)cc1. The topological polar surface area (TPSA) is 142 Å². The Morgan fingerprint density at radius 2 is 1.79 bits per heavy atom. The van der Waals surface area contributed by atoms with Gasteiger partial charge in [0.05, 0.1) is 30.5 Å². The number of imidazole rings is 1. The quantitative estimate of drug-likeness (QED) is 0.320. The van der Waals surface area contributed by atoms with E-state index in [0.717, 1.165) is 5.56 Å². The van der Waals surface area contributed by atoms with Crippen LogP contribution in [0.15, 0.2) is 40.5 Å². The molecule has 3 heterocycles.